The molecule has 0 radical (unpaired) electrons. The SMILES string of the molecule is N#Cc1cccc(C(c2ccccn2)C(c2cccnc2)c2cccc(Br)n2)c1. The van der Waals surface area contributed by atoms with Crippen molar-refractivity contribution in [3.05, 3.63) is 124 Å². The first-order valence-electron chi connectivity index (χ1n) is 9.19. The van der Waals surface area contributed by atoms with E-state index in [1.54, 1.807) is 12.4 Å². The predicted octanol–water partition coefficient (Wildman–Crippen LogP) is 5.47. The van der Waals surface area contributed by atoms with Gasteiger partial charge in [-0.05, 0) is 69.5 Å². The third kappa shape index (κ3) is 4.23. The second-order valence-electron chi connectivity index (χ2n) is 6.62. The van der Waals surface area contributed by atoms with E-state index in [1.807, 2.05) is 72.9 Å². The molecule has 2 atom stereocenters. The Labute approximate surface area is 178 Å². The summed E-state index contributed by atoms with van der Waals surface area (Å²) >= 11 is 3.50. The number of pyridine rings is 3. The summed E-state index contributed by atoms with van der Waals surface area (Å²) in [7, 11) is 0. The van der Waals surface area contributed by atoms with Crippen LogP contribution in [0.3, 0.4) is 0 Å². The fourth-order valence-electron chi connectivity index (χ4n) is 3.59. The van der Waals surface area contributed by atoms with Crippen LogP contribution in [-0.2, 0) is 0 Å². The van der Waals surface area contributed by atoms with Crippen LogP contribution in [0.4, 0.5) is 0 Å². The molecule has 0 amide bonds. The van der Waals surface area contributed by atoms with Crippen LogP contribution in [0.2, 0.25) is 0 Å². The molecule has 5 heteroatoms. The molecule has 29 heavy (non-hydrogen) atoms. The molecule has 0 saturated carbocycles. The van der Waals surface area contributed by atoms with Crippen molar-refractivity contribution in [3.63, 3.8) is 0 Å². The second kappa shape index (κ2) is 8.76. The van der Waals surface area contributed by atoms with Crippen LogP contribution in [0.25, 0.3) is 0 Å². The lowest BCUT2D eigenvalue weighted by atomic mass is 9.77. The molecule has 0 saturated heterocycles. The summed E-state index contributed by atoms with van der Waals surface area (Å²) in [6.45, 7) is 0. The summed E-state index contributed by atoms with van der Waals surface area (Å²) < 4.78 is 0.773. The first-order chi connectivity index (χ1) is 14.3. The quantitative estimate of drug-likeness (QED) is 0.386. The van der Waals surface area contributed by atoms with E-state index in [4.69, 9.17) is 4.98 Å². The zero-order valence-corrected chi connectivity index (χ0v) is 17.1. The van der Waals surface area contributed by atoms with Gasteiger partial charge in [0.2, 0.25) is 0 Å². The monoisotopic (exact) mass is 440 g/mol. The second-order valence-corrected chi connectivity index (χ2v) is 7.43. The highest BCUT2D eigenvalue weighted by Crippen LogP contribution is 2.41. The first kappa shape index (κ1) is 19.0. The first-order valence-corrected chi connectivity index (χ1v) is 9.99. The van der Waals surface area contributed by atoms with Gasteiger partial charge in [0.1, 0.15) is 4.60 Å². The molecule has 0 fully saturated rings. The molecule has 3 aromatic heterocycles. The van der Waals surface area contributed by atoms with Gasteiger partial charge in [-0.15, -0.1) is 0 Å². The Balaban J connectivity index is 1.97. The normalized spacial score (nSPS) is 12.7. The number of aromatic nitrogens is 3. The van der Waals surface area contributed by atoms with Crippen LogP contribution in [0.15, 0.2) is 96.0 Å². The molecular weight excluding hydrogens is 424 g/mol. The number of hydrogen-bond donors (Lipinski definition) is 0. The minimum atomic E-state index is -0.129. The minimum absolute atomic E-state index is 0.120. The molecular formula is C24H17BrN4. The molecule has 3 heterocycles. The van der Waals surface area contributed by atoms with E-state index in [1.165, 1.54) is 0 Å². The Morgan fingerprint density at radius 2 is 1.59 bits per heavy atom. The third-order valence-electron chi connectivity index (χ3n) is 4.81. The number of hydrogen-bond acceptors (Lipinski definition) is 4. The molecule has 0 aliphatic rings. The smallest absolute Gasteiger partial charge is 0.106 e. The van der Waals surface area contributed by atoms with Crippen LogP contribution in [-0.4, -0.2) is 15.0 Å². The highest BCUT2D eigenvalue weighted by molar-refractivity contribution is 9.10. The van der Waals surface area contributed by atoms with Crippen molar-refractivity contribution in [2.45, 2.75) is 11.8 Å². The molecule has 4 aromatic rings. The summed E-state index contributed by atoms with van der Waals surface area (Å²) in [6, 6.07) is 25.8. The number of benzene rings is 1. The molecule has 2 unspecified atom stereocenters. The number of nitriles is 1. The lowest BCUT2D eigenvalue weighted by molar-refractivity contribution is 0.654. The fourth-order valence-corrected chi connectivity index (χ4v) is 3.94. The summed E-state index contributed by atoms with van der Waals surface area (Å²) in [5.41, 5.74) is 4.49. The highest BCUT2D eigenvalue weighted by atomic mass is 79.9. The zero-order valence-electron chi connectivity index (χ0n) is 15.5. The van der Waals surface area contributed by atoms with Gasteiger partial charge in [0, 0.05) is 36.1 Å². The van der Waals surface area contributed by atoms with Crippen LogP contribution in [0.5, 0.6) is 0 Å². The van der Waals surface area contributed by atoms with Crippen LogP contribution < -0.4 is 0 Å². The van der Waals surface area contributed by atoms with Crippen molar-refractivity contribution in [1.29, 1.82) is 5.26 Å². The van der Waals surface area contributed by atoms with Crippen LogP contribution >= 0.6 is 15.9 Å². The van der Waals surface area contributed by atoms with E-state index in [2.05, 4.69) is 38.0 Å². The lowest BCUT2D eigenvalue weighted by Gasteiger charge is -2.27. The molecule has 4 rings (SSSR count). The Morgan fingerprint density at radius 1 is 0.793 bits per heavy atom. The van der Waals surface area contributed by atoms with Crippen molar-refractivity contribution in [1.82, 2.24) is 15.0 Å². The van der Waals surface area contributed by atoms with Crippen LogP contribution in [0.1, 0.15) is 39.9 Å². The van der Waals surface area contributed by atoms with Crippen molar-refractivity contribution >= 4 is 15.9 Å². The molecule has 140 valence electrons. The van der Waals surface area contributed by atoms with Crippen molar-refractivity contribution in [2.75, 3.05) is 0 Å². The molecule has 0 spiro atoms. The average molecular weight is 441 g/mol. The lowest BCUT2D eigenvalue weighted by Crippen LogP contribution is -2.17. The van der Waals surface area contributed by atoms with E-state index >= 15 is 0 Å². The van der Waals surface area contributed by atoms with Crippen molar-refractivity contribution in [3.8, 4) is 6.07 Å². The minimum Gasteiger partial charge on any atom is -0.264 e. The van der Waals surface area contributed by atoms with Gasteiger partial charge in [0.15, 0.2) is 0 Å². The van der Waals surface area contributed by atoms with Gasteiger partial charge < -0.3 is 0 Å². The van der Waals surface area contributed by atoms with Gasteiger partial charge in [-0.25, -0.2) is 4.98 Å². The Hall–Kier alpha value is -3.36. The fraction of sp³-hybridized carbons (Fsp3) is 0.0833. The van der Waals surface area contributed by atoms with Gasteiger partial charge >= 0.3 is 0 Å². The van der Waals surface area contributed by atoms with Crippen molar-refractivity contribution in [2.24, 2.45) is 0 Å². The van der Waals surface area contributed by atoms with E-state index in [-0.39, 0.29) is 11.8 Å². The zero-order chi connectivity index (χ0) is 20.1. The van der Waals surface area contributed by atoms with Gasteiger partial charge in [-0.3, -0.25) is 9.97 Å². The van der Waals surface area contributed by atoms with E-state index in [0.717, 1.165) is 27.1 Å². The summed E-state index contributed by atoms with van der Waals surface area (Å²) in [4.78, 5) is 13.8. The Bertz CT molecular complexity index is 1140. The van der Waals surface area contributed by atoms with E-state index < -0.39 is 0 Å². The molecule has 0 bridgehead atoms. The van der Waals surface area contributed by atoms with Gasteiger partial charge in [-0.1, -0.05) is 30.3 Å². The van der Waals surface area contributed by atoms with Crippen molar-refractivity contribution < 1.29 is 0 Å². The maximum atomic E-state index is 9.43. The average Bonchev–Trinajstić information content (AvgIpc) is 2.78. The highest BCUT2D eigenvalue weighted by Gasteiger charge is 2.30. The van der Waals surface area contributed by atoms with E-state index in [9.17, 15) is 5.26 Å². The number of halogens is 1. The van der Waals surface area contributed by atoms with Gasteiger partial charge in [0.25, 0.3) is 0 Å². The molecule has 0 aliphatic carbocycles. The number of rotatable bonds is 5. The van der Waals surface area contributed by atoms with Gasteiger partial charge in [-0.2, -0.15) is 5.26 Å². The van der Waals surface area contributed by atoms with Gasteiger partial charge in [0.05, 0.1) is 17.3 Å². The summed E-state index contributed by atoms with van der Waals surface area (Å²) in [5.74, 6) is -0.249. The predicted molar refractivity (Wildman–Crippen MR) is 115 cm³/mol. The summed E-state index contributed by atoms with van der Waals surface area (Å²) in [5, 5.41) is 9.43. The Morgan fingerprint density at radius 3 is 2.31 bits per heavy atom. The molecule has 0 N–H and O–H groups in total. The van der Waals surface area contributed by atoms with Crippen LogP contribution in [0, 0.1) is 11.3 Å². The Kier molecular flexibility index (Phi) is 5.73. The van der Waals surface area contributed by atoms with E-state index in [0.29, 0.717) is 5.56 Å². The topological polar surface area (TPSA) is 62.5 Å². The third-order valence-corrected chi connectivity index (χ3v) is 5.26. The largest absolute Gasteiger partial charge is 0.264 e. The molecule has 4 nitrogen and oxygen atoms in total. The summed E-state index contributed by atoms with van der Waals surface area (Å²) in [6.07, 6.45) is 5.43. The maximum absolute atomic E-state index is 9.43. The molecule has 0 aliphatic heterocycles. The number of nitrogens with zero attached hydrogens (tertiary/aromatic N) is 4. The maximum Gasteiger partial charge on any atom is 0.106 e. The molecule has 1 aromatic carbocycles. The standard InChI is InChI=1S/C24H17BrN4/c25-22-11-4-10-21(29-22)24(19-8-5-12-27-16-19)23(20-9-1-2-13-28-20)18-7-3-6-17(14-18)15-26/h1-14,16,23-24H.